The molecular formula is C27H36Cl2FN7O3. The molecule has 2 aromatic carbocycles. The van der Waals surface area contributed by atoms with Gasteiger partial charge in [0.2, 0.25) is 17.6 Å². The van der Waals surface area contributed by atoms with Gasteiger partial charge in [0.1, 0.15) is 12.4 Å². The first-order valence-electron chi connectivity index (χ1n) is 12.7. The van der Waals surface area contributed by atoms with Crippen molar-refractivity contribution in [3.8, 4) is 11.4 Å². The third-order valence-electron chi connectivity index (χ3n) is 6.64. The zero-order valence-electron chi connectivity index (χ0n) is 23.1. The number of rotatable bonds is 11. The van der Waals surface area contributed by atoms with Gasteiger partial charge in [-0.15, -0.1) is 24.8 Å². The van der Waals surface area contributed by atoms with Crippen molar-refractivity contribution >= 4 is 42.3 Å². The molecule has 40 heavy (non-hydrogen) atoms. The monoisotopic (exact) mass is 595 g/mol. The number of anilines is 1. The fraction of sp³-hybridized carbons (Fsp3) is 0.407. The van der Waals surface area contributed by atoms with Crippen molar-refractivity contribution in [3.63, 3.8) is 0 Å². The van der Waals surface area contributed by atoms with Crippen molar-refractivity contribution in [1.29, 1.82) is 0 Å². The van der Waals surface area contributed by atoms with Gasteiger partial charge in [0.25, 0.3) is 5.91 Å². The van der Waals surface area contributed by atoms with Gasteiger partial charge in [-0.3, -0.25) is 14.6 Å². The van der Waals surface area contributed by atoms with E-state index in [-0.39, 0.29) is 55.5 Å². The number of amides is 2. The topological polar surface area (TPSA) is 107 Å². The third-order valence-corrected chi connectivity index (χ3v) is 6.64. The zero-order valence-corrected chi connectivity index (χ0v) is 24.7. The second-order valence-corrected chi connectivity index (χ2v) is 9.31. The van der Waals surface area contributed by atoms with Gasteiger partial charge in [-0.05, 0) is 36.7 Å². The maximum absolute atomic E-state index is 14.2. The Hall–Kier alpha value is -3.25. The number of nitrogens with one attached hydrogen (secondary N) is 2. The second-order valence-electron chi connectivity index (χ2n) is 9.31. The first kappa shape index (κ1) is 33.0. The summed E-state index contributed by atoms with van der Waals surface area (Å²) in [5.41, 5.74) is 3.96. The molecule has 13 heteroatoms. The van der Waals surface area contributed by atoms with Crippen LogP contribution in [0.3, 0.4) is 0 Å². The maximum atomic E-state index is 14.2. The molecule has 0 atom stereocenters. The average Bonchev–Trinajstić information content (AvgIpc) is 3.54. The molecule has 218 valence electrons. The SMILES string of the molecule is CCNCCN(CC(=O)N(C)N1Cc2cccc(F)c2C1)C(=O)CNc1cc(-c2noc(C)n2)ccc1C.Cl.Cl. The number of likely N-dealkylation sites (N-methyl/N-ethyl adjacent to an activating group) is 2. The second kappa shape index (κ2) is 14.9. The molecule has 0 unspecified atom stereocenters. The van der Waals surface area contributed by atoms with Crippen LogP contribution in [0.4, 0.5) is 10.1 Å². The Labute approximate surface area is 246 Å². The molecule has 0 aliphatic carbocycles. The van der Waals surface area contributed by atoms with E-state index in [0.717, 1.165) is 28.9 Å². The van der Waals surface area contributed by atoms with Crippen LogP contribution in [0.25, 0.3) is 11.4 Å². The molecule has 0 bridgehead atoms. The highest BCUT2D eigenvalue weighted by Gasteiger charge is 2.28. The fourth-order valence-electron chi connectivity index (χ4n) is 4.33. The standard InChI is InChI=1S/C27H34FN7O3.2ClH/c1-5-29-11-12-34(17-26(37)33(4)35-15-21-7-6-8-23(28)22(21)16-35)25(36)14-30-24-13-20(10-9-18(24)2)27-31-19(3)38-32-27;;/h6-10,13,29-30H,5,11-12,14-17H2,1-4H3;2*1H. The van der Waals surface area contributed by atoms with E-state index in [1.165, 1.54) is 11.1 Å². The molecule has 0 fully saturated rings. The number of hydrogen-bond donors (Lipinski definition) is 2. The lowest BCUT2D eigenvalue weighted by Gasteiger charge is -2.31. The number of halogens is 3. The fourth-order valence-corrected chi connectivity index (χ4v) is 4.33. The van der Waals surface area contributed by atoms with E-state index >= 15 is 0 Å². The number of fused-ring (bicyclic) bond motifs is 1. The number of hydrazine groups is 1. The molecule has 4 rings (SSSR count). The minimum atomic E-state index is -0.270. The van der Waals surface area contributed by atoms with E-state index < -0.39 is 0 Å². The Morgan fingerprint density at radius 2 is 1.90 bits per heavy atom. The van der Waals surface area contributed by atoms with Gasteiger partial charge in [0.05, 0.1) is 6.54 Å². The van der Waals surface area contributed by atoms with Crippen LogP contribution in [0.1, 0.15) is 29.5 Å². The molecule has 1 aliphatic rings. The molecule has 1 aromatic heterocycles. The predicted octanol–water partition coefficient (Wildman–Crippen LogP) is 3.58. The van der Waals surface area contributed by atoms with Crippen molar-refractivity contribution in [3.05, 3.63) is 64.8 Å². The number of aryl methyl sites for hydroxylation is 2. The van der Waals surface area contributed by atoms with Gasteiger partial charge >= 0.3 is 0 Å². The van der Waals surface area contributed by atoms with E-state index in [2.05, 4.69) is 20.8 Å². The number of carbonyl (C=O) groups is 2. The summed E-state index contributed by atoms with van der Waals surface area (Å²) in [6.45, 7) is 8.03. The molecule has 0 radical (unpaired) electrons. The highest BCUT2D eigenvalue weighted by atomic mass is 35.5. The van der Waals surface area contributed by atoms with Crippen LogP contribution < -0.4 is 10.6 Å². The lowest BCUT2D eigenvalue weighted by atomic mass is 10.1. The highest BCUT2D eigenvalue weighted by Crippen LogP contribution is 2.26. The Kier molecular flexibility index (Phi) is 12.3. The van der Waals surface area contributed by atoms with Crippen LogP contribution in [-0.4, -0.2) is 76.6 Å². The summed E-state index contributed by atoms with van der Waals surface area (Å²) >= 11 is 0. The van der Waals surface area contributed by atoms with E-state index in [4.69, 9.17) is 4.52 Å². The quantitative estimate of drug-likeness (QED) is 0.324. The summed E-state index contributed by atoms with van der Waals surface area (Å²) in [5, 5.41) is 13.6. The number of carbonyl (C=O) groups excluding carboxylic acids is 2. The third kappa shape index (κ3) is 7.91. The minimum Gasteiger partial charge on any atom is -0.376 e. The molecule has 2 amide bonds. The molecule has 0 saturated heterocycles. The van der Waals surface area contributed by atoms with Gasteiger partial charge in [-0.2, -0.15) is 4.98 Å². The average molecular weight is 597 g/mol. The van der Waals surface area contributed by atoms with Gasteiger partial charge in [0.15, 0.2) is 0 Å². The van der Waals surface area contributed by atoms with Crippen molar-refractivity contribution in [2.24, 2.45) is 0 Å². The Balaban J connectivity index is 0.00000280. The molecule has 3 aromatic rings. The lowest BCUT2D eigenvalue weighted by Crippen LogP contribution is -2.49. The van der Waals surface area contributed by atoms with Crippen molar-refractivity contribution < 1.29 is 18.5 Å². The van der Waals surface area contributed by atoms with Crippen molar-refractivity contribution in [1.82, 2.24) is 30.4 Å². The van der Waals surface area contributed by atoms with Gasteiger partial charge in [-0.25, -0.2) is 9.40 Å². The molecular weight excluding hydrogens is 560 g/mol. The smallest absolute Gasteiger partial charge is 0.256 e. The number of benzene rings is 2. The Bertz CT molecular complexity index is 1310. The van der Waals surface area contributed by atoms with Crippen molar-refractivity contribution in [2.75, 3.05) is 45.1 Å². The van der Waals surface area contributed by atoms with Crippen LogP contribution in [-0.2, 0) is 22.7 Å². The Morgan fingerprint density at radius 3 is 2.58 bits per heavy atom. The zero-order chi connectivity index (χ0) is 27.2. The van der Waals surface area contributed by atoms with Gasteiger partial charge in [-0.1, -0.05) is 36.3 Å². The number of hydrogen-bond acceptors (Lipinski definition) is 8. The summed E-state index contributed by atoms with van der Waals surface area (Å²) in [6, 6.07) is 10.7. The first-order chi connectivity index (χ1) is 18.3. The number of nitrogens with zero attached hydrogens (tertiary/aromatic N) is 5. The maximum Gasteiger partial charge on any atom is 0.256 e. The first-order valence-corrected chi connectivity index (χ1v) is 12.7. The Morgan fingerprint density at radius 1 is 1.12 bits per heavy atom. The lowest BCUT2D eigenvalue weighted by molar-refractivity contribution is -0.151. The highest BCUT2D eigenvalue weighted by molar-refractivity contribution is 5.87. The molecule has 10 nitrogen and oxygen atoms in total. The predicted molar refractivity (Wildman–Crippen MR) is 156 cm³/mol. The van der Waals surface area contributed by atoms with Gasteiger partial charge in [0, 0.05) is 57.0 Å². The molecule has 2 heterocycles. The van der Waals surface area contributed by atoms with Crippen LogP contribution in [0, 0.1) is 19.7 Å². The largest absolute Gasteiger partial charge is 0.376 e. The van der Waals surface area contributed by atoms with Gasteiger partial charge < -0.3 is 20.1 Å². The summed E-state index contributed by atoms with van der Waals surface area (Å²) in [7, 11) is 1.66. The normalized spacial score (nSPS) is 12.2. The summed E-state index contributed by atoms with van der Waals surface area (Å²) in [4.78, 5) is 32.2. The molecule has 2 N–H and O–H groups in total. The summed E-state index contributed by atoms with van der Waals surface area (Å²) < 4.78 is 19.3. The van der Waals surface area contributed by atoms with Crippen molar-refractivity contribution in [2.45, 2.75) is 33.9 Å². The molecule has 1 aliphatic heterocycles. The number of aromatic nitrogens is 2. The van der Waals surface area contributed by atoms with E-state index in [9.17, 15) is 14.0 Å². The van der Waals surface area contributed by atoms with Crippen LogP contribution in [0.2, 0.25) is 0 Å². The summed E-state index contributed by atoms with van der Waals surface area (Å²) in [5.74, 6) is 0.225. The van der Waals surface area contributed by atoms with E-state index in [1.54, 1.807) is 29.9 Å². The molecule has 0 spiro atoms. The van der Waals surface area contributed by atoms with E-state index in [1.807, 2.05) is 38.1 Å². The molecule has 0 saturated carbocycles. The summed E-state index contributed by atoms with van der Waals surface area (Å²) in [6.07, 6.45) is 0. The van der Waals surface area contributed by atoms with Crippen LogP contribution in [0.15, 0.2) is 40.9 Å². The van der Waals surface area contributed by atoms with E-state index in [0.29, 0.717) is 43.5 Å². The van der Waals surface area contributed by atoms with Crippen LogP contribution in [0.5, 0.6) is 0 Å². The minimum absolute atomic E-state index is 0. The van der Waals surface area contributed by atoms with Crippen LogP contribution >= 0.6 is 24.8 Å².